The van der Waals surface area contributed by atoms with Crippen molar-refractivity contribution in [2.75, 3.05) is 14.1 Å². The molecular weight excluding hydrogens is 468 g/mol. The van der Waals surface area contributed by atoms with E-state index in [1.807, 2.05) is 79.7 Å². The van der Waals surface area contributed by atoms with E-state index in [1.165, 1.54) is 0 Å². The fourth-order valence-corrected chi connectivity index (χ4v) is 3.85. The minimum absolute atomic E-state index is 0.0707. The Labute approximate surface area is 218 Å². The van der Waals surface area contributed by atoms with Crippen molar-refractivity contribution in [1.82, 2.24) is 15.2 Å². The summed E-state index contributed by atoms with van der Waals surface area (Å²) in [4.78, 5) is 44.9. The summed E-state index contributed by atoms with van der Waals surface area (Å²) >= 11 is 0. The molecule has 0 aliphatic carbocycles. The van der Waals surface area contributed by atoms with E-state index in [4.69, 9.17) is 10.2 Å². The van der Waals surface area contributed by atoms with Crippen molar-refractivity contribution < 1.29 is 18.8 Å². The zero-order valence-electron chi connectivity index (χ0n) is 22.0. The second-order valence-corrected chi connectivity index (χ2v) is 10.2. The topological polar surface area (TPSA) is 119 Å². The molecule has 3 N–H and O–H groups in total. The quantitative estimate of drug-likeness (QED) is 0.340. The van der Waals surface area contributed by atoms with Crippen LogP contribution in [-0.4, -0.2) is 47.6 Å². The lowest BCUT2D eigenvalue weighted by Gasteiger charge is -2.21. The molecule has 0 radical (unpaired) electrons. The molecule has 8 heteroatoms. The van der Waals surface area contributed by atoms with E-state index in [9.17, 15) is 14.4 Å². The molecule has 196 valence electrons. The third-order valence-electron chi connectivity index (χ3n) is 6.27. The third kappa shape index (κ3) is 7.85. The van der Waals surface area contributed by atoms with Crippen LogP contribution in [0.25, 0.3) is 11.5 Å². The molecule has 1 heterocycles. The lowest BCUT2D eigenvalue weighted by atomic mass is 9.87. The van der Waals surface area contributed by atoms with Gasteiger partial charge in [-0.05, 0) is 51.1 Å². The number of oxazole rings is 1. The molecule has 3 rings (SSSR count). The molecule has 2 aromatic carbocycles. The molecule has 0 bridgehead atoms. The number of Topliss-reactive ketones (excluding diaryl/α,β-unsaturated/α-hetero) is 1. The first-order valence-electron chi connectivity index (χ1n) is 12.4. The molecule has 0 fully saturated rings. The first-order chi connectivity index (χ1) is 17.6. The summed E-state index contributed by atoms with van der Waals surface area (Å²) in [5.74, 6) is -0.622. The van der Waals surface area contributed by atoms with Gasteiger partial charge in [-0.2, -0.15) is 0 Å². The molecule has 37 heavy (non-hydrogen) atoms. The lowest BCUT2D eigenvalue weighted by Crippen LogP contribution is -2.42. The summed E-state index contributed by atoms with van der Waals surface area (Å²) in [6.07, 6.45) is 1.32. The van der Waals surface area contributed by atoms with Gasteiger partial charge in [-0.15, -0.1) is 0 Å². The number of benzene rings is 2. The average Bonchev–Trinajstić information content (AvgIpc) is 3.29. The highest BCUT2D eigenvalue weighted by Crippen LogP contribution is 2.25. The van der Waals surface area contributed by atoms with Crippen LogP contribution >= 0.6 is 0 Å². The number of aromatic nitrogens is 1. The van der Waals surface area contributed by atoms with Crippen LogP contribution in [0.5, 0.6) is 0 Å². The van der Waals surface area contributed by atoms with Gasteiger partial charge in [0.1, 0.15) is 5.69 Å². The van der Waals surface area contributed by atoms with E-state index in [2.05, 4.69) is 10.3 Å². The van der Waals surface area contributed by atoms with Crippen molar-refractivity contribution >= 4 is 17.6 Å². The minimum atomic E-state index is -0.824. The fourth-order valence-electron chi connectivity index (χ4n) is 3.85. The Balaban J connectivity index is 1.87. The predicted molar refractivity (Wildman–Crippen MR) is 143 cm³/mol. The molecule has 0 aliphatic rings. The second kappa shape index (κ2) is 12.5. The summed E-state index contributed by atoms with van der Waals surface area (Å²) in [6.45, 7) is 3.81. The number of aryl methyl sites for hydroxylation is 1. The number of ketones is 1. The molecule has 1 aromatic heterocycles. The number of primary amides is 1. The number of nitrogens with two attached hydrogens (primary N) is 1. The van der Waals surface area contributed by atoms with Crippen molar-refractivity contribution in [2.24, 2.45) is 11.1 Å². The normalized spacial score (nSPS) is 12.4. The number of amides is 2. The van der Waals surface area contributed by atoms with E-state index in [1.54, 1.807) is 13.8 Å². The van der Waals surface area contributed by atoms with Crippen LogP contribution in [0.4, 0.5) is 0 Å². The largest absolute Gasteiger partial charge is 0.433 e. The summed E-state index contributed by atoms with van der Waals surface area (Å²) in [7, 11) is 3.78. The third-order valence-corrected chi connectivity index (χ3v) is 6.27. The summed E-state index contributed by atoms with van der Waals surface area (Å²) in [5.41, 5.74) is 6.96. The van der Waals surface area contributed by atoms with E-state index < -0.39 is 17.4 Å². The van der Waals surface area contributed by atoms with E-state index in [-0.39, 0.29) is 30.3 Å². The Bertz CT molecular complexity index is 1200. The Morgan fingerprint density at radius 2 is 1.65 bits per heavy atom. The number of hydrogen-bond acceptors (Lipinski definition) is 6. The number of rotatable bonds is 13. The van der Waals surface area contributed by atoms with Crippen LogP contribution in [-0.2, 0) is 22.6 Å². The van der Waals surface area contributed by atoms with E-state index in [0.717, 1.165) is 11.1 Å². The molecular formula is C29H36N4O4. The van der Waals surface area contributed by atoms with Gasteiger partial charge >= 0.3 is 0 Å². The van der Waals surface area contributed by atoms with Gasteiger partial charge < -0.3 is 20.4 Å². The second-order valence-electron chi connectivity index (χ2n) is 10.2. The zero-order chi connectivity index (χ0) is 27.0. The van der Waals surface area contributed by atoms with Gasteiger partial charge in [-0.25, -0.2) is 4.98 Å². The van der Waals surface area contributed by atoms with Gasteiger partial charge in [0.2, 0.25) is 23.5 Å². The van der Waals surface area contributed by atoms with Crippen LogP contribution in [0, 0.1) is 5.41 Å². The maximum atomic E-state index is 13.8. The van der Waals surface area contributed by atoms with Gasteiger partial charge in [-0.1, -0.05) is 62.4 Å². The highest BCUT2D eigenvalue weighted by molar-refractivity contribution is 6.01. The molecule has 1 unspecified atom stereocenters. The first kappa shape index (κ1) is 27.8. The number of carbonyl (C=O) groups excluding carboxylic acids is 3. The van der Waals surface area contributed by atoms with Crippen molar-refractivity contribution in [3.63, 3.8) is 0 Å². The van der Waals surface area contributed by atoms with Crippen LogP contribution in [0.1, 0.15) is 54.9 Å². The molecule has 0 aliphatic heterocycles. The highest BCUT2D eigenvalue weighted by atomic mass is 16.4. The van der Waals surface area contributed by atoms with Gasteiger partial charge in [-0.3, -0.25) is 14.4 Å². The minimum Gasteiger partial charge on any atom is -0.433 e. The van der Waals surface area contributed by atoms with Crippen LogP contribution in [0.15, 0.2) is 65.1 Å². The smallest absolute Gasteiger partial charge is 0.227 e. The Morgan fingerprint density at radius 1 is 1.03 bits per heavy atom. The highest BCUT2D eigenvalue weighted by Gasteiger charge is 2.31. The summed E-state index contributed by atoms with van der Waals surface area (Å²) < 4.78 is 6.02. The van der Waals surface area contributed by atoms with Gasteiger partial charge in [0, 0.05) is 23.9 Å². The van der Waals surface area contributed by atoms with Gasteiger partial charge in [0.25, 0.3) is 0 Å². The number of nitrogens with one attached hydrogen (secondary N) is 1. The van der Waals surface area contributed by atoms with Gasteiger partial charge in [0.05, 0.1) is 6.04 Å². The lowest BCUT2D eigenvalue weighted by molar-refractivity contribution is -0.127. The maximum Gasteiger partial charge on any atom is 0.227 e. The molecule has 8 nitrogen and oxygen atoms in total. The van der Waals surface area contributed by atoms with Gasteiger partial charge in [0.15, 0.2) is 5.76 Å². The number of carbonyl (C=O) groups is 3. The Kier molecular flexibility index (Phi) is 9.36. The average molecular weight is 505 g/mol. The SMILES string of the molecule is CN(C)Cc1nc(-c2ccccc2)oc1C(=O)C(CCc1ccccc1)NC(=O)CCC(C)(C)C(N)=O. The van der Waals surface area contributed by atoms with E-state index in [0.29, 0.717) is 31.0 Å². The molecule has 2 amide bonds. The molecule has 1 atom stereocenters. The summed E-state index contributed by atoms with van der Waals surface area (Å²) in [6, 6.07) is 18.4. The molecule has 3 aromatic rings. The monoisotopic (exact) mass is 504 g/mol. The Hall–Kier alpha value is -3.78. The van der Waals surface area contributed by atoms with Crippen LogP contribution in [0.3, 0.4) is 0 Å². The first-order valence-corrected chi connectivity index (χ1v) is 12.4. The van der Waals surface area contributed by atoms with Crippen molar-refractivity contribution in [3.05, 3.63) is 77.7 Å². The van der Waals surface area contributed by atoms with Crippen molar-refractivity contribution in [1.29, 1.82) is 0 Å². The number of nitrogens with zero attached hydrogens (tertiary/aromatic N) is 2. The molecule has 0 saturated heterocycles. The maximum absolute atomic E-state index is 13.8. The molecule has 0 spiro atoms. The summed E-state index contributed by atoms with van der Waals surface area (Å²) in [5, 5.41) is 2.88. The standard InChI is InChI=1S/C29H36N4O4/c1-29(2,28(30)36)18-17-24(34)31-22(16-15-20-11-7-5-8-12-20)25(35)26-23(19-33(3)4)32-27(37-26)21-13-9-6-10-14-21/h5-14,22H,15-19H2,1-4H3,(H2,30,36)(H,31,34). The van der Waals surface area contributed by atoms with E-state index >= 15 is 0 Å². The van der Waals surface area contributed by atoms with Crippen LogP contribution < -0.4 is 11.1 Å². The van der Waals surface area contributed by atoms with Crippen molar-refractivity contribution in [3.8, 4) is 11.5 Å². The zero-order valence-corrected chi connectivity index (χ0v) is 22.0. The predicted octanol–water partition coefficient (Wildman–Crippen LogP) is 4.00. The molecule has 0 saturated carbocycles. The fraction of sp³-hybridized carbons (Fsp3) is 0.379. The van der Waals surface area contributed by atoms with Crippen molar-refractivity contribution in [2.45, 2.75) is 52.1 Å². The Morgan fingerprint density at radius 3 is 2.24 bits per heavy atom. The van der Waals surface area contributed by atoms with Crippen LogP contribution in [0.2, 0.25) is 0 Å². The number of hydrogen-bond donors (Lipinski definition) is 2.